The number of ether oxygens (including phenoxy) is 4. The molecule has 3 N–H and O–H groups in total. The van der Waals surface area contributed by atoms with E-state index in [1.54, 1.807) is 0 Å². The molecule has 0 aromatic carbocycles. The maximum absolute atomic E-state index is 13.0. The van der Waals surface area contributed by atoms with Crippen molar-refractivity contribution in [1.29, 1.82) is 0 Å². The molecular weight excluding hydrogens is 1170 g/mol. The minimum atomic E-state index is -4.95. The van der Waals surface area contributed by atoms with Gasteiger partial charge in [-0.25, -0.2) is 9.13 Å². The van der Waals surface area contributed by atoms with Crippen LogP contribution < -0.4 is 0 Å². The van der Waals surface area contributed by atoms with Gasteiger partial charge in [0.1, 0.15) is 19.3 Å². The van der Waals surface area contributed by atoms with Crippen LogP contribution in [-0.4, -0.2) is 96.7 Å². The predicted molar refractivity (Wildman–Crippen MR) is 359 cm³/mol. The second-order valence-corrected chi connectivity index (χ2v) is 28.2. The lowest BCUT2D eigenvalue weighted by molar-refractivity contribution is -0.161. The molecule has 0 saturated heterocycles. The van der Waals surface area contributed by atoms with Crippen LogP contribution in [0, 0.1) is 0 Å². The molecule has 0 bridgehead atoms. The van der Waals surface area contributed by atoms with Crippen molar-refractivity contribution in [3.05, 3.63) is 0 Å². The summed E-state index contributed by atoms with van der Waals surface area (Å²) in [6, 6.07) is 0. The van der Waals surface area contributed by atoms with Crippen LogP contribution in [0.2, 0.25) is 0 Å². The van der Waals surface area contributed by atoms with Crippen molar-refractivity contribution in [3.63, 3.8) is 0 Å². The van der Waals surface area contributed by atoms with E-state index in [4.69, 9.17) is 37.0 Å². The number of esters is 4. The minimum Gasteiger partial charge on any atom is -0.462 e. The molecule has 0 aliphatic rings. The Kier molecular flexibility index (Phi) is 63.3. The SMILES string of the molecule is CCCCCCCCCCCCCCCCCCC(=O)O[C@H](COC(=O)CCCCCCCCCCCCC)COP(=O)(O)OC[C@@H](O)COP(=O)(O)OC[C@@H](COC(=O)CCCCCCCCCCCCC)OC(=O)CCCCCCCCCCCCC. The molecule has 0 aliphatic heterocycles. The van der Waals surface area contributed by atoms with E-state index in [1.165, 1.54) is 199 Å². The normalized spacial score (nSPS) is 14.0. The van der Waals surface area contributed by atoms with Gasteiger partial charge in [-0.15, -0.1) is 0 Å². The van der Waals surface area contributed by atoms with Crippen molar-refractivity contribution < 1.29 is 80.2 Å². The first-order valence-corrected chi connectivity index (χ1v) is 39.8. The lowest BCUT2D eigenvalue weighted by Gasteiger charge is -2.21. The molecule has 0 rings (SSSR count). The Labute approximate surface area is 543 Å². The van der Waals surface area contributed by atoms with Gasteiger partial charge in [0.25, 0.3) is 0 Å². The summed E-state index contributed by atoms with van der Waals surface area (Å²) in [5.74, 6) is -2.12. The fourth-order valence-corrected chi connectivity index (χ4v) is 12.3. The van der Waals surface area contributed by atoms with E-state index < -0.39 is 97.5 Å². The van der Waals surface area contributed by atoms with E-state index in [-0.39, 0.29) is 25.7 Å². The topological polar surface area (TPSA) is 237 Å². The molecular formula is C70H136O17P2. The fraction of sp³-hybridized carbons (Fsp3) is 0.943. The lowest BCUT2D eigenvalue weighted by Crippen LogP contribution is -2.30. The number of aliphatic hydroxyl groups excluding tert-OH is 1. The van der Waals surface area contributed by atoms with Crippen LogP contribution in [0.15, 0.2) is 0 Å². The Balaban J connectivity index is 5.23. The number of hydrogen-bond acceptors (Lipinski definition) is 15. The predicted octanol–water partition coefficient (Wildman–Crippen LogP) is 20.3. The molecule has 528 valence electrons. The molecule has 0 aliphatic carbocycles. The van der Waals surface area contributed by atoms with E-state index in [9.17, 15) is 43.2 Å². The number of aliphatic hydroxyl groups is 1. The quantitative estimate of drug-likeness (QED) is 0.0222. The number of carbonyl (C=O) groups is 4. The smallest absolute Gasteiger partial charge is 0.462 e. The maximum Gasteiger partial charge on any atom is 0.472 e. The summed E-state index contributed by atoms with van der Waals surface area (Å²) >= 11 is 0. The molecule has 0 heterocycles. The highest BCUT2D eigenvalue weighted by molar-refractivity contribution is 7.47. The molecule has 89 heavy (non-hydrogen) atoms. The van der Waals surface area contributed by atoms with Crippen molar-refractivity contribution in [2.45, 2.75) is 386 Å². The summed E-state index contributed by atoms with van der Waals surface area (Å²) in [7, 11) is -9.89. The van der Waals surface area contributed by atoms with Gasteiger partial charge in [0.15, 0.2) is 12.2 Å². The molecule has 0 radical (unpaired) electrons. The number of rotatable bonds is 71. The zero-order valence-electron chi connectivity index (χ0n) is 57.4. The largest absolute Gasteiger partial charge is 0.472 e. The third-order valence-corrected chi connectivity index (χ3v) is 18.3. The van der Waals surface area contributed by atoms with Crippen LogP contribution >= 0.6 is 15.6 Å². The van der Waals surface area contributed by atoms with Crippen molar-refractivity contribution in [3.8, 4) is 0 Å². The summed E-state index contributed by atoms with van der Waals surface area (Å²) < 4.78 is 68.3. The Morgan fingerprint density at radius 2 is 0.449 bits per heavy atom. The van der Waals surface area contributed by atoms with Gasteiger partial charge in [-0.2, -0.15) is 0 Å². The third kappa shape index (κ3) is 64.6. The van der Waals surface area contributed by atoms with E-state index in [2.05, 4.69) is 27.7 Å². The lowest BCUT2D eigenvalue weighted by atomic mass is 10.0. The zero-order valence-corrected chi connectivity index (χ0v) is 59.2. The molecule has 0 amide bonds. The standard InChI is InChI=1S/C70H136O17P2/c1-5-9-13-17-21-25-29-30-31-32-33-37-41-45-49-53-57-70(75)87-66(61-81-68(73)55-51-47-43-39-35-27-23-19-15-11-7-3)63-85-89(78,79)83-59-64(71)58-82-88(76,77)84-62-65(86-69(74)56-52-48-44-40-36-28-24-20-16-12-8-4)60-80-67(72)54-50-46-42-38-34-26-22-18-14-10-6-2/h64-66,71H,5-63H2,1-4H3,(H,76,77)(H,78,79)/t64-,65+,66+/m0/s1. The van der Waals surface area contributed by atoms with Crippen LogP contribution in [0.5, 0.6) is 0 Å². The highest BCUT2D eigenvalue weighted by Crippen LogP contribution is 2.45. The number of phosphoric ester groups is 2. The molecule has 0 aromatic heterocycles. The monoisotopic (exact) mass is 1310 g/mol. The van der Waals surface area contributed by atoms with Gasteiger partial charge in [0.2, 0.25) is 0 Å². The van der Waals surface area contributed by atoms with Crippen LogP contribution in [0.4, 0.5) is 0 Å². The minimum absolute atomic E-state index is 0.108. The van der Waals surface area contributed by atoms with Crippen molar-refractivity contribution in [1.82, 2.24) is 0 Å². The van der Waals surface area contributed by atoms with Crippen molar-refractivity contribution in [2.24, 2.45) is 0 Å². The summed E-state index contributed by atoms with van der Waals surface area (Å²) in [6.07, 6.45) is 52.5. The Hall–Kier alpha value is -1.94. The first kappa shape index (κ1) is 87.1. The zero-order chi connectivity index (χ0) is 65.4. The summed E-state index contributed by atoms with van der Waals surface area (Å²) in [5, 5.41) is 10.6. The second kappa shape index (κ2) is 64.8. The van der Waals surface area contributed by atoms with Crippen LogP contribution in [-0.2, 0) is 65.4 Å². The highest BCUT2D eigenvalue weighted by atomic mass is 31.2. The number of carbonyl (C=O) groups excluding carboxylic acids is 4. The van der Waals surface area contributed by atoms with Gasteiger partial charge in [-0.05, 0) is 25.7 Å². The van der Waals surface area contributed by atoms with E-state index in [0.717, 1.165) is 89.9 Å². The second-order valence-electron chi connectivity index (χ2n) is 25.3. The van der Waals surface area contributed by atoms with E-state index >= 15 is 0 Å². The Morgan fingerprint density at radius 3 is 0.663 bits per heavy atom. The Morgan fingerprint density at radius 1 is 0.270 bits per heavy atom. The average Bonchev–Trinajstić information content (AvgIpc) is 3.72. The molecule has 0 fully saturated rings. The summed E-state index contributed by atoms with van der Waals surface area (Å²) in [5.41, 5.74) is 0. The molecule has 2 unspecified atom stereocenters. The molecule has 5 atom stereocenters. The van der Waals surface area contributed by atoms with Gasteiger partial charge in [0, 0.05) is 25.7 Å². The molecule has 0 spiro atoms. The molecule has 0 aromatic rings. The van der Waals surface area contributed by atoms with Gasteiger partial charge in [-0.1, -0.05) is 317 Å². The van der Waals surface area contributed by atoms with Crippen LogP contribution in [0.1, 0.15) is 368 Å². The van der Waals surface area contributed by atoms with Crippen LogP contribution in [0.25, 0.3) is 0 Å². The van der Waals surface area contributed by atoms with Gasteiger partial charge in [-0.3, -0.25) is 37.3 Å². The summed E-state index contributed by atoms with van der Waals surface area (Å²) in [4.78, 5) is 72.5. The number of phosphoric acid groups is 2. The molecule has 0 saturated carbocycles. The van der Waals surface area contributed by atoms with Crippen molar-refractivity contribution in [2.75, 3.05) is 39.6 Å². The summed E-state index contributed by atoms with van der Waals surface area (Å²) in [6.45, 7) is 4.94. The number of unbranched alkanes of at least 4 members (excludes halogenated alkanes) is 45. The van der Waals surface area contributed by atoms with Gasteiger partial charge in [0.05, 0.1) is 26.4 Å². The van der Waals surface area contributed by atoms with Crippen LogP contribution in [0.3, 0.4) is 0 Å². The highest BCUT2D eigenvalue weighted by Gasteiger charge is 2.30. The van der Waals surface area contributed by atoms with Gasteiger partial charge < -0.3 is 33.8 Å². The number of hydrogen-bond donors (Lipinski definition) is 3. The van der Waals surface area contributed by atoms with E-state index in [0.29, 0.717) is 25.7 Å². The molecule has 19 heteroatoms. The first-order chi connectivity index (χ1) is 43.2. The third-order valence-electron chi connectivity index (χ3n) is 16.4. The Bertz CT molecular complexity index is 1710. The first-order valence-electron chi connectivity index (χ1n) is 36.8. The van der Waals surface area contributed by atoms with Gasteiger partial charge >= 0.3 is 39.5 Å². The van der Waals surface area contributed by atoms with Crippen molar-refractivity contribution >= 4 is 39.5 Å². The average molecular weight is 1310 g/mol. The van der Waals surface area contributed by atoms with E-state index in [1.807, 2.05) is 0 Å². The fourth-order valence-electron chi connectivity index (χ4n) is 10.7. The maximum atomic E-state index is 13.0. The molecule has 17 nitrogen and oxygen atoms in total.